The van der Waals surface area contributed by atoms with Crippen molar-refractivity contribution in [3.8, 4) is 5.88 Å². The number of aromatic nitrogens is 1. The molecule has 1 aromatic heterocycles. The lowest BCUT2D eigenvalue weighted by Gasteiger charge is -2.09. The number of pyridine rings is 1. The Balaban J connectivity index is 2.56. The van der Waals surface area contributed by atoms with E-state index in [0.29, 0.717) is 18.3 Å². The third-order valence-electron chi connectivity index (χ3n) is 2.30. The van der Waals surface area contributed by atoms with Crippen LogP contribution in [0.2, 0.25) is 0 Å². The number of nitrogens with one attached hydrogen (secondary N) is 1. The van der Waals surface area contributed by atoms with Crippen LogP contribution in [0.15, 0.2) is 30.3 Å². The predicted molar refractivity (Wildman–Crippen MR) is 67.2 cm³/mol. The van der Waals surface area contributed by atoms with Gasteiger partial charge in [0.05, 0.1) is 6.61 Å². The van der Waals surface area contributed by atoms with Gasteiger partial charge in [-0.25, -0.2) is 0 Å². The molecule has 0 saturated carbocycles. The summed E-state index contributed by atoms with van der Waals surface area (Å²) in [5.74, 6) is 0.922. The smallest absolute Gasteiger partial charge is 0.222 e. The highest BCUT2D eigenvalue weighted by Crippen LogP contribution is 2.25. The molecule has 0 atom stereocenters. The summed E-state index contributed by atoms with van der Waals surface area (Å²) in [7, 11) is 0. The number of hydrogen-bond donors (Lipinski definition) is 1. The topological polar surface area (TPSA) is 51.2 Å². The lowest BCUT2D eigenvalue weighted by atomic mass is 10.1. The van der Waals surface area contributed by atoms with Crippen LogP contribution in [0.1, 0.15) is 13.8 Å². The molecular weight excluding hydrogens is 216 g/mol. The fraction of sp³-hybridized carbons (Fsp3) is 0.231. The lowest BCUT2D eigenvalue weighted by Crippen LogP contribution is -2.08. The van der Waals surface area contributed by atoms with E-state index in [2.05, 4.69) is 10.3 Å². The monoisotopic (exact) mass is 230 g/mol. The molecule has 0 spiro atoms. The minimum atomic E-state index is -0.142. The van der Waals surface area contributed by atoms with E-state index < -0.39 is 0 Å². The fourth-order valence-corrected chi connectivity index (χ4v) is 1.66. The summed E-state index contributed by atoms with van der Waals surface area (Å²) < 4.78 is 5.37. The summed E-state index contributed by atoms with van der Waals surface area (Å²) in [6.07, 6.45) is 0. The van der Waals surface area contributed by atoms with Crippen molar-refractivity contribution in [2.24, 2.45) is 0 Å². The molecular formula is C13H14N2O2. The van der Waals surface area contributed by atoms with Crippen LogP contribution in [0.5, 0.6) is 5.88 Å². The third kappa shape index (κ3) is 2.53. The van der Waals surface area contributed by atoms with Gasteiger partial charge in [-0.05, 0) is 12.3 Å². The molecule has 0 aliphatic rings. The van der Waals surface area contributed by atoms with Crippen LogP contribution in [0.3, 0.4) is 0 Å². The highest BCUT2D eigenvalue weighted by Gasteiger charge is 2.07. The Labute approximate surface area is 99.6 Å². The molecule has 2 rings (SSSR count). The average molecular weight is 230 g/mol. The summed E-state index contributed by atoms with van der Waals surface area (Å²) in [5, 5.41) is 4.62. The largest absolute Gasteiger partial charge is 0.478 e. The summed E-state index contributed by atoms with van der Waals surface area (Å²) in [4.78, 5) is 15.4. The molecule has 1 heterocycles. The van der Waals surface area contributed by atoms with Gasteiger partial charge < -0.3 is 10.1 Å². The van der Waals surface area contributed by atoms with Gasteiger partial charge in [0, 0.05) is 18.4 Å². The molecule has 1 amide bonds. The highest BCUT2D eigenvalue weighted by molar-refractivity contribution is 6.00. The zero-order valence-electron chi connectivity index (χ0n) is 9.86. The molecule has 1 aromatic carbocycles. The van der Waals surface area contributed by atoms with E-state index in [-0.39, 0.29) is 5.91 Å². The van der Waals surface area contributed by atoms with Crippen LogP contribution in [0.4, 0.5) is 5.82 Å². The van der Waals surface area contributed by atoms with Gasteiger partial charge in [-0.1, -0.05) is 24.3 Å². The van der Waals surface area contributed by atoms with Crippen molar-refractivity contribution in [1.82, 2.24) is 4.98 Å². The van der Waals surface area contributed by atoms with Gasteiger partial charge in [0.1, 0.15) is 5.82 Å². The van der Waals surface area contributed by atoms with Crippen molar-refractivity contribution < 1.29 is 9.53 Å². The van der Waals surface area contributed by atoms with Gasteiger partial charge in [0.15, 0.2) is 0 Å². The van der Waals surface area contributed by atoms with E-state index in [9.17, 15) is 4.79 Å². The molecule has 0 aliphatic carbocycles. The van der Waals surface area contributed by atoms with Crippen LogP contribution in [-0.2, 0) is 4.79 Å². The van der Waals surface area contributed by atoms with E-state index in [1.165, 1.54) is 6.92 Å². The fourth-order valence-electron chi connectivity index (χ4n) is 1.66. The van der Waals surface area contributed by atoms with Crippen molar-refractivity contribution >= 4 is 22.5 Å². The zero-order chi connectivity index (χ0) is 12.3. The van der Waals surface area contributed by atoms with Crippen LogP contribution < -0.4 is 10.1 Å². The number of benzene rings is 1. The van der Waals surface area contributed by atoms with Gasteiger partial charge in [-0.3, -0.25) is 4.79 Å². The SMILES string of the molecule is CCOc1cc2ccccc2c(NC(C)=O)n1. The van der Waals surface area contributed by atoms with Gasteiger partial charge >= 0.3 is 0 Å². The quantitative estimate of drug-likeness (QED) is 0.881. The van der Waals surface area contributed by atoms with E-state index in [0.717, 1.165) is 10.8 Å². The normalized spacial score (nSPS) is 10.2. The van der Waals surface area contributed by atoms with Gasteiger partial charge in [0.25, 0.3) is 0 Å². The maximum atomic E-state index is 11.1. The van der Waals surface area contributed by atoms with E-state index in [1.807, 2.05) is 37.3 Å². The number of ether oxygens (including phenoxy) is 1. The first-order valence-corrected chi connectivity index (χ1v) is 5.51. The van der Waals surface area contributed by atoms with Crippen molar-refractivity contribution in [1.29, 1.82) is 0 Å². The minimum absolute atomic E-state index is 0.142. The first kappa shape index (κ1) is 11.4. The van der Waals surface area contributed by atoms with E-state index in [4.69, 9.17) is 4.74 Å². The van der Waals surface area contributed by atoms with E-state index >= 15 is 0 Å². The molecule has 1 N–H and O–H groups in total. The molecule has 88 valence electrons. The first-order valence-electron chi connectivity index (χ1n) is 5.51. The number of carbonyl (C=O) groups is 1. The minimum Gasteiger partial charge on any atom is -0.478 e. The van der Waals surface area contributed by atoms with Gasteiger partial charge in [-0.15, -0.1) is 0 Å². The maximum Gasteiger partial charge on any atom is 0.222 e. The third-order valence-corrected chi connectivity index (χ3v) is 2.30. The first-order chi connectivity index (χ1) is 8.20. The number of fused-ring (bicyclic) bond motifs is 1. The summed E-state index contributed by atoms with van der Waals surface area (Å²) >= 11 is 0. The van der Waals surface area contributed by atoms with Crippen LogP contribution >= 0.6 is 0 Å². The molecule has 2 aromatic rings. The van der Waals surface area contributed by atoms with Crippen molar-refractivity contribution in [2.75, 3.05) is 11.9 Å². The summed E-state index contributed by atoms with van der Waals surface area (Å²) in [6, 6.07) is 9.60. The van der Waals surface area contributed by atoms with Crippen LogP contribution in [0, 0.1) is 0 Å². The van der Waals surface area contributed by atoms with E-state index in [1.54, 1.807) is 0 Å². The molecule has 0 radical (unpaired) electrons. The van der Waals surface area contributed by atoms with Crippen molar-refractivity contribution in [3.63, 3.8) is 0 Å². The Morgan fingerprint density at radius 2 is 2.18 bits per heavy atom. The number of rotatable bonds is 3. The summed E-state index contributed by atoms with van der Waals surface area (Å²) in [5.41, 5.74) is 0. The Morgan fingerprint density at radius 3 is 2.88 bits per heavy atom. The molecule has 0 fully saturated rings. The number of anilines is 1. The second-order valence-corrected chi connectivity index (χ2v) is 3.64. The summed E-state index contributed by atoms with van der Waals surface area (Å²) in [6.45, 7) is 3.91. The molecule has 0 aliphatic heterocycles. The maximum absolute atomic E-state index is 11.1. The van der Waals surface area contributed by atoms with Gasteiger partial charge in [0.2, 0.25) is 11.8 Å². The van der Waals surface area contributed by atoms with Gasteiger partial charge in [-0.2, -0.15) is 4.98 Å². The average Bonchev–Trinajstić information content (AvgIpc) is 2.29. The van der Waals surface area contributed by atoms with Crippen LogP contribution in [-0.4, -0.2) is 17.5 Å². The number of carbonyl (C=O) groups excluding carboxylic acids is 1. The van der Waals surface area contributed by atoms with Crippen LogP contribution in [0.25, 0.3) is 10.8 Å². The molecule has 17 heavy (non-hydrogen) atoms. The number of hydrogen-bond acceptors (Lipinski definition) is 3. The standard InChI is InChI=1S/C13H14N2O2/c1-3-17-12-8-10-6-4-5-7-11(10)13(15-12)14-9(2)16/h4-8H,3H2,1-2H3,(H,14,15,16). The Bertz CT molecular complexity index is 552. The molecule has 0 unspecified atom stereocenters. The number of amides is 1. The number of nitrogens with zero attached hydrogens (tertiary/aromatic N) is 1. The Hall–Kier alpha value is -2.10. The lowest BCUT2D eigenvalue weighted by molar-refractivity contribution is -0.114. The Morgan fingerprint density at radius 1 is 1.41 bits per heavy atom. The molecule has 4 nitrogen and oxygen atoms in total. The second-order valence-electron chi connectivity index (χ2n) is 3.64. The second kappa shape index (κ2) is 4.82. The zero-order valence-corrected chi connectivity index (χ0v) is 9.86. The highest BCUT2D eigenvalue weighted by atomic mass is 16.5. The predicted octanol–water partition coefficient (Wildman–Crippen LogP) is 2.59. The Kier molecular flexibility index (Phi) is 3.23. The molecule has 0 saturated heterocycles. The van der Waals surface area contributed by atoms with Crippen molar-refractivity contribution in [2.45, 2.75) is 13.8 Å². The molecule has 0 bridgehead atoms. The van der Waals surface area contributed by atoms with Crippen molar-refractivity contribution in [3.05, 3.63) is 30.3 Å². The molecule has 4 heteroatoms.